The fraction of sp³-hybridized carbons (Fsp3) is 0.300. The van der Waals surface area contributed by atoms with E-state index in [1.165, 1.54) is 0 Å². The standard InChI is InChI=1S/C20H22N2O3S/c1-14-10-18(24-2)19(25-3)11-16(14)12-26-13-20(23)22-17-6-4-15(5-7-17)8-9-21/h4-7,10-11H,8,12-13H2,1-3H3,(H,22,23). The van der Waals surface area contributed by atoms with Gasteiger partial charge < -0.3 is 14.8 Å². The largest absolute Gasteiger partial charge is 0.493 e. The molecule has 0 spiro atoms. The highest BCUT2D eigenvalue weighted by Crippen LogP contribution is 2.31. The highest BCUT2D eigenvalue weighted by molar-refractivity contribution is 7.99. The Morgan fingerprint density at radius 3 is 2.42 bits per heavy atom. The summed E-state index contributed by atoms with van der Waals surface area (Å²) < 4.78 is 10.6. The monoisotopic (exact) mass is 370 g/mol. The molecule has 0 bridgehead atoms. The van der Waals surface area contributed by atoms with E-state index >= 15 is 0 Å². The van der Waals surface area contributed by atoms with Crippen LogP contribution < -0.4 is 14.8 Å². The fourth-order valence-corrected chi connectivity index (χ4v) is 3.32. The van der Waals surface area contributed by atoms with Gasteiger partial charge in [-0.05, 0) is 47.9 Å². The molecule has 0 saturated heterocycles. The predicted molar refractivity (Wildman–Crippen MR) is 105 cm³/mol. The zero-order valence-corrected chi connectivity index (χ0v) is 16.0. The summed E-state index contributed by atoms with van der Waals surface area (Å²) in [6.07, 6.45) is 0.370. The number of amides is 1. The number of carbonyl (C=O) groups is 1. The van der Waals surface area contributed by atoms with Crippen molar-refractivity contribution in [2.45, 2.75) is 19.1 Å². The molecule has 0 unspecified atom stereocenters. The lowest BCUT2D eigenvalue weighted by molar-refractivity contribution is -0.113. The smallest absolute Gasteiger partial charge is 0.234 e. The molecule has 1 amide bonds. The zero-order valence-electron chi connectivity index (χ0n) is 15.2. The van der Waals surface area contributed by atoms with Crippen LogP contribution in [0.1, 0.15) is 16.7 Å². The second-order valence-electron chi connectivity index (χ2n) is 5.71. The number of rotatable bonds is 8. The van der Waals surface area contributed by atoms with Crippen molar-refractivity contribution < 1.29 is 14.3 Å². The van der Waals surface area contributed by atoms with Gasteiger partial charge in [-0.1, -0.05) is 12.1 Å². The van der Waals surface area contributed by atoms with E-state index in [0.717, 1.165) is 22.4 Å². The van der Waals surface area contributed by atoms with E-state index in [-0.39, 0.29) is 5.91 Å². The summed E-state index contributed by atoms with van der Waals surface area (Å²) in [6.45, 7) is 2.01. The molecular weight excluding hydrogens is 348 g/mol. The molecule has 2 rings (SSSR count). The van der Waals surface area contributed by atoms with Gasteiger partial charge in [-0.2, -0.15) is 5.26 Å². The molecule has 0 aliphatic rings. The highest BCUT2D eigenvalue weighted by atomic mass is 32.2. The topological polar surface area (TPSA) is 71.3 Å². The molecular formula is C20H22N2O3S. The van der Waals surface area contributed by atoms with E-state index in [1.54, 1.807) is 26.0 Å². The molecule has 26 heavy (non-hydrogen) atoms. The van der Waals surface area contributed by atoms with Crippen LogP contribution in [0, 0.1) is 18.3 Å². The molecule has 136 valence electrons. The number of thioether (sulfide) groups is 1. The second-order valence-corrected chi connectivity index (χ2v) is 6.69. The van der Waals surface area contributed by atoms with E-state index in [0.29, 0.717) is 29.4 Å². The Bertz CT molecular complexity index is 798. The van der Waals surface area contributed by atoms with Gasteiger partial charge in [0.1, 0.15) is 0 Å². The van der Waals surface area contributed by atoms with E-state index in [9.17, 15) is 4.79 Å². The van der Waals surface area contributed by atoms with Crippen LogP contribution >= 0.6 is 11.8 Å². The predicted octanol–water partition coefficient (Wildman–Crippen LogP) is 3.95. The van der Waals surface area contributed by atoms with E-state index in [4.69, 9.17) is 14.7 Å². The maximum atomic E-state index is 12.1. The van der Waals surface area contributed by atoms with Crippen LogP contribution in [-0.4, -0.2) is 25.9 Å². The van der Waals surface area contributed by atoms with E-state index in [2.05, 4.69) is 11.4 Å². The molecule has 5 nitrogen and oxygen atoms in total. The third-order valence-electron chi connectivity index (χ3n) is 3.85. The molecule has 1 N–H and O–H groups in total. The maximum absolute atomic E-state index is 12.1. The number of ether oxygens (including phenoxy) is 2. The summed E-state index contributed by atoms with van der Waals surface area (Å²) in [4.78, 5) is 12.1. The van der Waals surface area contributed by atoms with Crippen LogP contribution in [0.2, 0.25) is 0 Å². The number of nitriles is 1. The van der Waals surface area contributed by atoms with Gasteiger partial charge in [0, 0.05) is 11.4 Å². The first-order valence-electron chi connectivity index (χ1n) is 8.12. The number of nitrogens with one attached hydrogen (secondary N) is 1. The van der Waals surface area contributed by atoms with Crippen LogP contribution in [-0.2, 0) is 17.0 Å². The Labute approximate surface area is 158 Å². The van der Waals surface area contributed by atoms with Crippen molar-refractivity contribution in [3.05, 3.63) is 53.1 Å². The Morgan fingerprint density at radius 2 is 1.81 bits per heavy atom. The Hall–Kier alpha value is -2.65. The molecule has 0 fully saturated rings. The van der Waals surface area contributed by atoms with Crippen molar-refractivity contribution >= 4 is 23.4 Å². The van der Waals surface area contributed by atoms with Crippen molar-refractivity contribution in [1.29, 1.82) is 5.26 Å². The summed E-state index contributed by atoms with van der Waals surface area (Å²) in [7, 11) is 3.22. The van der Waals surface area contributed by atoms with E-state index in [1.807, 2.05) is 43.3 Å². The van der Waals surface area contributed by atoms with Crippen LogP contribution in [0.15, 0.2) is 36.4 Å². The van der Waals surface area contributed by atoms with Gasteiger partial charge in [0.05, 0.1) is 32.5 Å². The van der Waals surface area contributed by atoms with Gasteiger partial charge in [0.2, 0.25) is 5.91 Å². The third kappa shape index (κ3) is 5.43. The van der Waals surface area contributed by atoms with Crippen molar-refractivity contribution in [2.75, 3.05) is 25.3 Å². The first kappa shape index (κ1) is 19.7. The van der Waals surface area contributed by atoms with Crippen molar-refractivity contribution in [3.63, 3.8) is 0 Å². The van der Waals surface area contributed by atoms with Crippen molar-refractivity contribution in [3.8, 4) is 17.6 Å². The maximum Gasteiger partial charge on any atom is 0.234 e. The summed E-state index contributed by atoms with van der Waals surface area (Å²) in [5.74, 6) is 2.40. The fourth-order valence-electron chi connectivity index (χ4n) is 2.43. The number of aryl methyl sites for hydroxylation is 1. The zero-order chi connectivity index (χ0) is 18.9. The number of anilines is 1. The first-order valence-corrected chi connectivity index (χ1v) is 9.27. The van der Waals surface area contributed by atoms with Crippen LogP contribution in [0.5, 0.6) is 11.5 Å². The Balaban J connectivity index is 1.87. The summed E-state index contributed by atoms with van der Waals surface area (Å²) in [5.41, 5.74) is 3.88. The third-order valence-corrected chi connectivity index (χ3v) is 4.84. The molecule has 0 radical (unpaired) electrons. The van der Waals surface area contributed by atoms with Gasteiger partial charge in [-0.25, -0.2) is 0 Å². The lowest BCUT2D eigenvalue weighted by atomic mass is 10.1. The van der Waals surface area contributed by atoms with E-state index < -0.39 is 0 Å². The average molecular weight is 370 g/mol. The number of carbonyl (C=O) groups excluding carboxylic acids is 1. The molecule has 0 heterocycles. The summed E-state index contributed by atoms with van der Waals surface area (Å²) >= 11 is 1.54. The number of nitrogens with zero attached hydrogens (tertiary/aromatic N) is 1. The molecule has 0 aliphatic heterocycles. The Kier molecular flexibility index (Phi) is 7.37. The minimum Gasteiger partial charge on any atom is -0.493 e. The van der Waals surface area contributed by atoms with Gasteiger partial charge in [-0.3, -0.25) is 4.79 Å². The quantitative estimate of drug-likeness (QED) is 0.762. The number of hydrogen-bond acceptors (Lipinski definition) is 5. The molecule has 0 atom stereocenters. The highest BCUT2D eigenvalue weighted by Gasteiger charge is 2.10. The van der Waals surface area contributed by atoms with Crippen molar-refractivity contribution in [2.24, 2.45) is 0 Å². The van der Waals surface area contributed by atoms with Gasteiger partial charge in [0.25, 0.3) is 0 Å². The van der Waals surface area contributed by atoms with Crippen LogP contribution in [0.3, 0.4) is 0 Å². The number of methoxy groups -OCH3 is 2. The molecule has 6 heteroatoms. The normalized spacial score (nSPS) is 10.1. The summed E-state index contributed by atoms with van der Waals surface area (Å²) in [5, 5.41) is 11.5. The molecule has 2 aromatic rings. The number of hydrogen-bond donors (Lipinski definition) is 1. The molecule has 0 aromatic heterocycles. The van der Waals surface area contributed by atoms with Gasteiger partial charge in [0.15, 0.2) is 11.5 Å². The second kappa shape index (κ2) is 9.73. The first-order chi connectivity index (χ1) is 12.6. The lowest BCUT2D eigenvalue weighted by Crippen LogP contribution is -2.14. The molecule has 0 saturated carbocycles. The lowest BCUT2D eigenvalue weighted by Gasteiger charge is -2.12. The van der Waals surface area contributed by atoms with Crippen molar-refractivity contribution in [1.82, 2.24) is 0 Å². The molecule has 2 aromatic carbocycles. The minimum absolute atomic E-state index is 0.0545. The number of benzene rings is 2. The van der Waals surface area contributed by atoms with Crippen LogP contribution in [0.25, 0.3) is 0 Å². The van der Waals surface area contributed by atoms with Gasteiger partial charge in [-0.15, -0.1) is 11.8 Å². The van der Waals surface area contributed by atoms with Gasteiger partial charge >= 0.3 is 0 Å². The SMILES string of the molecule is COc1cc(C)c(CSCC(=O)Nc2ccc(CC#N)cc2)cc1OC. The average Bonchev–Trinajstić information content (AvgIpc) is 2.64. The Morgan fingerprint density at radius 1 is 1.15 bits per heavy atom. The van der Waals surface area contributed by atoms with Crippen LogP contribution in [0.4, 0.5) is 5.69 Å². The minimum atomic E-state index is -0.0545. The summed E-state index contributed by atoms with van der Waals surface area (Å²) in [6, 6.07) is 13.3. The molecule has 0 aliphatic carbocycles.